The molecule has 1 aromatic carbocycles. The number of aryl methyl sites for hydroxylation is 1. The number of benzene rings is 1. The van der Waals surface area contributed by atoms with Crippen molar-refractivity contribution >= 4 is 11.6 Å². The molecule has 0 saturated heterocycles. The number of anilines is 1. The highest BCUT2D eigenvalue weighted by atomic mass is 19.4. The van der Waals surface area contributed by atoms with Crippen LogP contribution in [-0.2, 0) is 23.9 Å². The van der Waals surface area contributed by atoms with Gasteiger partial charge in [-0.1, -0.05) is 0 Å². The summed E-state index contributed by atoms with van der Waals surface area (Å²) in [6.45, 7) is 1.74. The Hall–Kier alpha value is -2.35. The predicted molar refractivity (Wildman–Crippen MR) is 75.0 cm³/mol. The molecule has 0 atom stereocenters. The minimum Gasteiger partial charge on any atom is -0.326 e. The van der Waals surface area contributed by atoms with Crippen LogP contribution in [0.25, 0.3) is 0 Å². The van der Waals surface area contributed by atoms with Gasteiger partial charge < -0.3 is 11.1 Å². The van der Waals surface area contributed by atoms with Gasteiger partial charge in [-0.25, -0.2) is 0 Å². The third kappa shape index (κ3) is 4.08. The predicted octanol–water partition coefficient (Wildman–Crippen LogP) is 2.38. The number of aromatic amines is 1. The van der Waals surface area contributed by atoms with Gasteiger partial charge in [-0.3, -0.25) is 9.89 Å². The molecule has 0 unspecified atom stereocenters. The molecular formula is C14H15F3N4O. The van der Waals surface area contributed by atoms with E-state index in [1.165, 1.54) is 6.07 Å². The summed E-state index contributed by atoms with van der Waals surface area (Å²) >= 11 is 0. The number of alkyl halides is 3. The van der Waals surface area contributed by atoms with Gasteiger partial charge in [-0.2, -0.15) is 18.3 Å². The molecule has 0 spiro atoms. The third-order valence-electron chi connectivity index (χ3n) is 2.94. The normalized spacial score (nSPS) is 11.5. The van der Waals surface area contributed by atoms with Crippen molar-refractivity contribution < 1.29 is 18.0 Å². The molecule has 22 heavy (non-hydrogen) atoms. The Morgan fingerprint density at radius 3 is 2.59 bits per heavy atom. The van der Waals surface area contributed by atoms with E-state index in [2.05, 4.69) is 15.5 Å². The summed E-state index contributed by atoms with van der Waals surface area (Å²) in [5.74, 6) is -0.450. The maximum absolute atomic E-state index is 12.8. The Morgan fingerprint density at radius 2 is 2.05 bits per heavy atom. The first-order valence-corrected chi connectivity index (χ1v) is 6.50. The molecule has 8 heteroatoms. The Kier molecular flexibility index (Phi) is 4.51. The van der Waals surface area contributed by atoms with Gasteiger partial charge in [0.25, 0.3) is 0 Å². The number of nitrogens with zero attached hydrogens (tertiary/aromatic N) is 1. The Morgan fingerprint density at radius 1 is 1.32 bits per heavy atom. The standard InChI is InChI=1S/C14H15F3N4O/c1-8-2-12(21-20-8)6-13(22)19-11-4-9(7-18)3-10(5-11)14(15,16)17/h2-5H,6-7,18H2,1H3,(H,19,22)(H,20,21). The largest absolute Gasteiger partial charge is 0.416 e. The summed E-state index contributed by atoms with van der Waals surface area (Å²) in [6.07, 6.45) is -4.53. The van der Waals surface area contributed by atoms with Crippen LogP contribution in [0.1, 0.15) is 22.5 Å². The van der Waals surface area contributed by atoms with E-state index in [0.717, 1.165) is 17.8 Å². The minimum absolute atomic E-state index is 0.0292. The van der Waals surface area contributed by atoms with Crippen LogP contribution in [0.3, 0.4) is 0 Å². The molecule has 0 aliphatic rings. The number of hydrogen-bond acceptors (Lipinski definition) is 3. The molecular weight excluding hydrogens is 297 g/mol. The van der Waals surface area contributed by atoms with E-state index < -0.39 is 17.6 Å². The zero-order valence-electron chi connectivity index (χ0n) is 11.8. The number of H-pyrrole nitrogens is 1. The lowest BCUT2D eigenvalue weighted by molar-refractivity contribution is -0.137. The number of carbonyl (C=O) groups is 1. The van der Waals surface area contributed by atoms with E-state index in [1.807, 2.05) is 0 Å². The lowest BCUT2D eigenvalue weighted by Gasteiger charge is -2.12. The van der Waals surface area contributed by atoms with Crippen LogP contribution in [0.15, 0.2) is 24.3 Å². The number of amides is 1. The number of nitrogens with two attached hydrogens (primary N) is 1. The fourth-order valence-electron chi connectivity index (χ4n) is 1.98. The van der Waals surface area contributed by atoms with Crippen LogP contribution in [0.5, 0.6) is 0 Å². The lowest BCUT2D eigenvalue weighted by atomic mass is 10.1. The van der Waals surface area contributed by atoms with Gasteiger partial charge in [0.1, 0.15) is 0 Å². The highest BCUT2D eigenvalue weighted by Gasteiger charge is 2.31. The Balaban J connectivity index is 2.16. The SMILES string of the molecule is Cc1cc(CC(=O)Nc2cc(CN)cc(C(F)(F)F)c2)n[nH]1. The smallest absolute Gasteiger partial charge is 0.326 e. The van der Waals surface area contributed by atoms with Gasteiger partial charge >= 0.3 is 6.18 Å². The lowest BCUT2D eigenvalue weighted by Crippen LogP contribution is -2.16. The highest BCUT2D eigenvalue weighted by molar-refractivity contribution is 5.92. The first-order chi connectivity index (χ1) is 10.3. The van der Waals surface area contributed by atoms with E-state index in [1.54, 1.807) is 13.0 Å². The maximum Gasteiger partial charge on any atom is 0.416 e. The summed E-state index contributed by atoms with van der Waals surface area (Å²) in [5, 5.41) is 9.03. The average Bonchev–Trinajstić information content (AvgIpc) is 2.82. The van der Waals surface area contributed by atoms with Crippen molar-refractivity contribution in [2.24, 2.45) is 5.73 Å². The summed E-state index contributed by atoms with van der Waals surface area (Å²) in [4.78, 5) is 11.9. The molecule has 118 valence electrons. The van der Waals surface area contributed by atoms with Gasteiger partial charge in [-0.05, 0) is 36.8 Å². The average molecular weight is 312 g/mol. The quantitative estimate of drug-likeness (QED) is 0.810. The second-order valence-corrected chi connectivity index (χ2v) is 4.89. The summed E-state index contributed by atoms with van der Waals surface area (Å²) in [6, 6.07) is 4.96. The van der Waals surface area contributed by atoms with Crippen molar-refractivity contribution in [3.63, 3.8) is 0 Å². The molecule has 5 nitrogen and oxygen atoms in total. The first kappa shape index (κ1) is 16.0. The molecule has 2 rings (SSSR count). The van der Waals surface area contributed by atoms with E-state index in [4.69, 9.17) is 5.73 Å². The topological polar surface area (TPSA) is 83.8 Å². The number of aromatic nitrogens is 2. The summed E-state index contributed by atoms with van der Waals surface area (Å²) < 4.78 is 38.4. The van der Waals surface area contributed by atoms with E-state index >= 15 is 0 Å². The van der Waals surface area contributed by atoms with E-state index in [0.29, 0.717) is 11.3 Å². The molecule has 1 heterocycles. The van der Waals surface area contributed by atoms with Gasteiger partial charge in [0.05, 0.1) is 17.7 Å². The van der Waals surface area contributed by atoms with Gasteiger partial charge in [-0.15, -0.1) is 0 Å². The number of nitrogens with one attached hydrogen (secondary N) is 2. The number of rotatable bonds is 4. The van der Waals surface area contributed by atoms with Crippen LogP contribution in [0, 0.1) is 6.92 Å². The molecule has 2 aromatic rings. The second kappa shape index (κ2) is 6.18. The Labute approximate surface area is 124 Å². The zero-order chi connectivity index (χ0) is 16.3. The molecule has 1 amide bonds. The summed E-state index contributed by atoms with van der Waals surface area (Å²) in [5.41, 5.74) is 6.22. The van der Waals surface area contributed by atoms with Crippen LogP contribution in [-0.4, -0.2) is 16.1 Å². The number of hydrogen-bond donors (Lipinski definition) is 3. The van der Waals surface area contributed by atoms with E-state index in [9.17, 15) is 18.0 Å². The third-order valence-corrected chi connectivity index (χ3v) is 2.94. The summed E-state index contributed by atoms with van der Waals surface area (Å²) in [7, 11) is 0. The molecule has 1 aromatic heterocycles. The molecule has 0 saturated carbocycles. The fourth-order valence-corrected chi connectivity index (χ4v) is 1.98. The van der Waals surface area contributed by atoms with E-state index in [-0.39, 0.29) is 18.7 Å². The van der Waals surface area contributed by atoms with Crippen LogP contribution < -0.4 is 11.1 Å². The van der Waals surface area contributed by atoms with Crippen molar-refractivity contribution in [1.29, 1.82) is 0 Å². The minimum atomic E-state index is -4.50. The van der Waals surface area contributed by atoms with Crippen LogP contribution >= 0.6 is 0 Å². The van der Waals surface area contributed by atoms with Crippen LogP contribution in [0.2, 0.25) is 0 Å². The fraction of sp³-hybridized carbons (Fsp3) is 0.286. The molecule has 0 fully saturated rings. The van der Waals surface area contributed by atoms with Crippen molar-refractivity contribution in [2.75, 3.05) is 5.32 Å². The maximum atomic E-state index is 12.8. The van der Waals surface area contributed by atoms with Crippen molar-refractivity contribution in [3.05, 3.63) is 46.8 Å². The zero-order valence-corrected chi connectivity index (χ0v) is 11.8. The van der Waals surface area contributed by atoms with Gasteiger partial charge in [0.15, 0.2) is 0 Å². The monoisotopic (exact) mass is 312 g/mol. The highest BCUT2D eigenvalue weighted by Crippen LogP contribution is 2.32. The van der Waals surface area contributed by atoms with Crippen LogP contribution in [0.4, 0.5) is 18.9 Å². The Bertz CT molecular complexity index is 679. The molecule has 4 N–H and O–H groups in total. The van der Waals surface area contributed by atoms with Crippen molar-refractivity contribution in [2.45, 2.75) is 26.1 Å². The first-order valence-electron chi connectivity index (χ1n) is 6.50. The number of carbonyl (C=O) groups excluding carboxylic acids is 1. The molecule has 0 bridgehead atoms. The van der Waals surface area contributed by atoms with Crippen molar-refractivity contribution in [1.82, 2.24) is 10.2 Å². The molecule has 0 aliphatic carbocycles. The van der Waals surface area contributed by atoms with Crippen molar-refractivity contribution in [3.8, 4) is 0 Å². The second-order valence-electron chi connectivity index (χ2n) is 4.89. The van der Waals surface area contributed by atoms with Gasteiger partial charge in [0.2, 0.25) is 5.91 Å². The molecule has 0 radical (unpaired) electrons. The van der Waals surface area contributed by atoms with Gasteiger partial charge in [0, 0.05) is 17.9 Å². The number of halogens is 3. The molecule has 0 aliphatic heterocycles.